The highest BCUT2D eigenvalue weighted by atomic mass is 79.9. The molecular weight excluding hydrogens is 244 g/mol. The zero-order chi connectivity index (χ0) is 10.6. The van der Waals surface area contributed by atoms with Gasteiger partial charge in [-0.05, 0) is 24.6 Å². The highest BCUT2D eigenvalue weighted by Gasteiger charge is 2.02. The van der Waals surface area contributed by atoms with Crippen LogP contribution in [0.15, 0.2) is 22.7 Å². The van der Waals surface area contributed by atoms with Crippen LogP contribution in [0.4, 0.5) is 11.4 Å². The van der Waals surface area contributed by atoms with Crippen LogP contribution >= 0.6 is 15.9 Å². The molecule has 78 valence electrons. The van der Waals surface area contributed by atoms with Crippen molar-refractivity contribution >= 4 is 27.3 Å². The van der Waals surface area contributed by atoms with Gasteiger partial charge in [0.1, 0.15) is 0 Å². The smallest absolute Gasteiger partial charge is 0.0709 e. The first kappa shape index (κ1) is 11.3. The minimum atomic E-state index is -0.321. The van der Waals surface area contributed by atoms with Crippen molar-refractivity contribution < 1.29 is 5.11 Å². The maximum absolute atomic E-state index is 9.35. The lowest BCUT2D eigenvalue weighted by atomic mass is 10.2. The third-order valence-corrected chi connectivity index (χ3v) is 2.51. The molecule has 1 aromatic carbocycles. The topological polar surface area (TPSA) is 58.3 Å². The van der Waals surface area contributed by atoms with Gasteiger partial charge in [-0.2, -0.15) is 0 Å². The summed E-state index contributed by atoms with van der Waals surface area (Å²) in [5, 5.41) is 12.4. The number of nitrogen functional groups attached to an aromatic ring is 1. The van der Waals surface area contributed by atoms with Crippen molar-refractivity contribution in [2.24, 2.45) is 0 Å². The summed E-state index contributed by atoms with van der Waals surface area (Å²) in [5.41, 5.74) is 7.32. The van der Waals surface area contributed by atoms with E-state index in [1.807, 2.05) is 25.1 Å². The fourth-order valence-electron chi connectivity index (χ4n) is 1.07. The lowest BCUT2D eigenvalue weighted by molar-refractivity contribution is 0.183. The zero-order valence-corrected chi connectivity index (χ0v) is 9.71. The number of nitrogens with two attached hydrogens (primary N) is 1. The summed E-state index contributed by atoms with van der Waals surface area (Å²) in [7, 11) is 0. The molecule has 0 aromatic heterocycles. The molecule has 0 aliphatic heterocycles. The predicted molar refractivity (Wildman–Crippen MR) is 63.3 cm³/mol. The fourth-order valence-corrected chi connectivity index (χ4v) is 1.45. The van der Waals surface area contributed by atoms with Crippen molar-refractivity contribution in [2.45, 2.75) is 19.4 Å². The molecule has 0 fully saturated rings. The Morgan fingerprint density at radius 1 is 1.57 bits per heavy atom. The van der Waals surface area contributed by atoms with Crippen LogP contribution in [0.3, 0.4) is 0 Å². The standard InChI is InChI=1S/C10H15BrN2O/c1-2-8(14)6-13-10-4-3-7(11)5-9(10)12/h3-5,8,13-14H,2,6,12H2,1H3. The van der Waals surface area contributed by atoms with Crippen LogP contribution in [0.5, 0.6) is 0 Å². The van der Waals surface area contributed by atoms with Gasteiger partial charge in [-0.3, -0.25) is 0 Å². The van der Waals surface area contributed by atoms with E-state index >= 15 is 0 Å². The van der Waals surface area contributed by atoms with Crippen LogP contribution in [0.25, 0.3) is 0 Å². The summed E-state index contributed by atoms with van der Waals surface area (Å²) in [6, 6.07) is 5.64. The Bertz CT molecular complexity index is 304. The first-order valence-electron chi connectivity index (χ1n) is 4.60. The third-order valence-electron chi connectivity index (χ3n) is 2.01. The lowest BCUT2D eigenvalue weighted by Crippen LogP contribution is -2.18. The van der Waals surface area contributed by atoms with E-state index in [1.54, 1.807) is 0 Å². The van der Waals surface area contributed by atoms with E-state index < -0.39 is 0 Å². The van der Waals surface area contributed by atoms with E-state index in [0.717, 1.165) is 16.6 Å². The summed E-state index contributed by atoms with van der Waals surface area (Å²) in [4.78, 5) is 0. The molecule has 0 radical (unpaired) electrons. The van der Waals surface area contributed by atoms with Crippen molar-refractivity contribution in [3.63, 3.8) is 0 Å². The highest BCUT2D eigenvalue weighted by Crippen LogP contribution is 2.22. The van der Waals surface area contributed by atoms with Gasteiger partial charge in [-0.1, -0.05) is 22.9 Å². The summed E-state index contributed by atoms with van der Waals surface area (Å²) in [5.74, 6) is 0. The molecule has 0 amide bonds. The Labute approximate surface area is 92.4 Å². The molecule has 1 atom stereocenters. The number of rotatable bonds is 4. The molecule has 1 unspecified atom stereocenters. The first-order valence-corrected chi connectivity index (χ1v) is 5.39. The molecule has 0 aliphatic carbocycles. The van der Waals surface area contributed by atoms with E-state index in [9.17, 15) is 5.11 Å². The molecule has 0 aliphatic rings. The van der Waals surface area contributed by atoms with Crippen molar-refractivity contribution in [1.82, 2.24) is 0 Å². The molecule has 0 bridgehead atoms. The average Bonchev–Trinajstić information content (AvgIpc) is 2.16. The number of aliphatic hydroxyl groups is 1. The van der Waals surface area contributed by atoms with Crippen LogP contribution in [0.1, 0.15) is 13.3 Å². The zero-order valence-electron chi connectivity index (χ0n) is 8.13. The van der Waals surface area contributed by atoms with Crippen LogP contribution in [0, 0.1) is 0 Å². The van der Waals surface area contributed by atoms with Gasteiger partial charge >= 0.3 is 0 Å². The second-order valence-corrected chi connectivity index (χ2v) is 4.09. The van der Waals surface area contributed by atoms with Crippen LogP contribution in [-0.2, 0) is 0 Å². The molecule has 1 aromatic rings. The van der Waals surface area contributed by atoms with Crippen molar-refractivity contribution in [3.05, 3.63) is 22.7 Å². The SMILES string of the molecule is CCC(O)CNc1ccc(Br)cc1N. The number of anilines is 2. The summed E-state index contributed by atoms with van der Waals surface area (Å²) in [6.07, 6.45) is 0.418. The number of nitrogens with one attached hydrogen (secondary N) is 1. The molecule has 0 saturated carbocycles. The maximum atomic E-state index is 9.35. The normalized spacial score (nSPS) is 12.5. The van der Waals surface area contributed by atoms with E-state index in [0.29, 0.717) is 12.2 Å². The molecule has 3 nitrogen and oxygen atoms in total. The van der Waals surface area contributed by atoms with Crippen LogP contribution in [-0.4, -0.2) is 17.8 Å². The molecule has 4 N–H and O–H groups in total. The minimum Gasteiger partial charge on any atom is -0.397 e. The number of hydrogen-bond donors (Lipinski definition) is 3. The highest BCUT2D eigenvalue weighted by molar-refractivity contribution is 9.10. The van der Waals surface area contributed by atoms with E-state index in [4.69, 9.17) is 5.73 Å². The van der Waals surface area contributed by atoms with Crippen LogP contribution in [0.2, 0.25) is 0 Å². The maximum Gasteiger partial charge on any atom is 0.0709 e. The Balaban J connectivity index is 2.59. The Hall–Kier alpha value is -0.740. The Morgan fingerprint density at radius 3 is 2.86 bits per heavy atom. The fraction of sp³-hybridized carbons (Fsp3) is 0.400. The lowest BCUT2D eigenvalue weighted by Gasteiger charge is -2.12. The quantitative estimate of drug-likeness (QED) is 0.726. The van der Waals surface area contributed by atoms with Crippen molar-refractivity contribution in [2.75, 3.05) is 17.6 Å². The van der Waals surface area contributed by atoms with Gasteiger partial charge in [-0.25, -0.2) is 0 Å². The van der Waals surface area contributed by atoms with Gasteiger partial charge in [0.25, 0.3) is 0 Å². The second-order valence-electron chi connectivity index (χ2n) is 3.17. The Morgan fingerprint density at radius 2 is 2.29 bits per heavy atom. The van der Waals surface area contributed by atoms with E-state index in [1.165, 1.54) is 0 Å². The van der Waals surface area contributed by atoms with E-state index in [2.05, 4.69) is 21.2 Å². The van der Waals surface area contributed by atoms with Crippen molar-refractivity contribution in [3.8, 4) is 0 Å². The second kappa shape index (κ2) is 5.22. The molecule has 1 rings (SSSR count). The summed E-state index contributed by atoms with van der Waals surface area (Å²) in [6.45, 7) is 2.47. The number of benzene rings is 1. The van der Waals surface area contributed by atoms with Gasteiger partial charge in [0.2, 0.25) is 0 Å². The first-order chi connectivity index (χ1) is 6.63. The van der Waals surface area contributed by atoms with Gasteiger partial charge in [0.15, 0.2) is 0 Å². The summed E-state index contributed by atoms with van der Waals surface area (Å²) < 4.78 is 0.955. The molecule has 4 heteroatoms. The third kappa shape index (κ3) is 3.20. The Kier molecular flexibility index (Phi) is 4.22. The number of aliphatic hydroxyl groups excluding tert-OH is 1. The van der Waals surface area contributed by atoms with Crippen LogP contribution < -0.4 is 11.1 Å². The van der Waals surface area contributed by atoms with Gasteiger partial charge < -0.3 is 16.2 Å². The molecule has 14 heavy (non-hydrogen) atoms. The molecule has 0 heterocycles. The minimum absolute atomic E-state index is 0.321. The average molecular weight is 259 g/mol. The number of hydrogen-bond acceptors (Lipinski definition) is 3. The van der Waals surface area contributed by atoms with Gasteiger partial charge in [0, 0.05) is 11.0 Å². The summed E-state index contributed by atoms with van der Waals surface area (Å²) >= 11 is 3.33. The molecular formula is C10H15BrN2O. The molecule has 0 spiro atoms. The largest absolute Gasteiger partial charge is 0.397 e. The monoisotopic (exact) mass is 258 g/mol. The van der Waals surface area contributed by atoms with E-state index in [-0.39, 0.29) is 6.10 Å². The van der Waals surface area contributed by atoms with Crippen molar-refractivity contribution in [1.29, 1.82) is 0 Å². The van der Waals surface area contributed by atoms with Gasteiger partial charge in [0.05, 0.1) is 17.5 Å². The van der Waals surface area contributed by atoms with Gasteiger partial charge in [-0.15, -0.1) is 0 Å². The predicted octanol–water partition coefficient (Wildman–Crippen LogP) is 2.21. The number of halogens is 1. The molecule has 0 saturated heterocycles.